The Hall–Kier alpha value is -1.66. The van der Waals surface area contributed by atoms with Crippen LogP contribution in [-0.4, -0.2) is 42.2 Å². The third kappa shape index (κ3) is 3.68. The molecule has 1 unspecified atom stereocenters. The summed E-state index contributed by atoms with van der Waals surface area (Å²) in [5.74, 6) is 0. The lowest BCUT2D eigenvalue weighted by Crippen LogP contribution is -2.40. The SMILES string of the molecule is CCNc1cc(CN2CCOC(C)C2)ccc1[N+](=O)[O-]. The lowest BCUT2D eigenvalue weighted by molar-refractivity contribution is -0.384. The Labute approximate surface area is 118 Å². The van der Waals surface area contributed by atoms with Gasteiger partial charge in [-0.25, -0.2) is 0 Å². The van der Waals surface area contributed by atoms with Crippen LogP contribution in [0.5, 0.6) is 0 Å². The highest BCUT2D eigenvalue weighted by Crippen LogP contribution is 2.26. The predicted molar refractivity (Wildman–Crippen MR) is 78.0 cm³/mol. The number of hydrogen-bond donors (Lipinski definition) is 1. The molecule has 110 valence electrons. The van der Waals surface area contributed by atoms with Crippen LogP contribution in [0.4, 0.5) is 11.4 Å². The lowest BCUT2D eigenvalue weighted by atomic mass is 10.1. The van der Waals surface area contributed by atoms with E-state index in [4.69, 9.17) is 4.74 Å². The minimum Gasteiger partial charge on any atom is -0.380 e. The van der Waals surface area contributed by atoms with E-state index in [0.29, 0.717) is 12.2 Å². The molecule has 1 aliphatic heterocycles. The minimum atomic E-state index is -0.349. The van der Waals surface area contributed by atoms with E-state index >= 15 is 0 Å². The number of ether oxygens (including phenoxy) is 1. The number of nitro benzene ring substituents is 1. The van der Waals surface area contributed by atoms with E-state index in [2.05, 4.69) is 17.1 Å². The molecule has 0 amide bonds. The molecule has 2 rings (SSSR count). The Morgan fingerprint density at radius 2 is 2.35 bits per heavy atom. The first-order valence-corrected chi connectivity index (χ1v) is 6.95. The molecule has 0 spiro atoms. The maximum Gasteiger partial charge on any atom is 0.292 e. The Balaban J connectivity index is 2.11. The van der Waals surface area contributed by atoms with Gasteiger partial charge >= 0.3 is 0 Å². The van der Waals surface area contributed by atoms with Gasteiger partial charge < -0.3 is 10.1 Å². The highest BCUT2D eigenvalue weighted by atomic mass is 16.6. The van der Waals surface area contributed by atoms with Crippen LogP contribution in [0.3, 0.4) is 0 Å². The molecule has 1 aromatic rings. The summed E-state index contributed by atoms with van der Waals surface area (Å²) in [7, 11) is 0. The standard InChI is InChI=1S/C14H21N3O3/c1-3-15-13-8-12(4-5-14(13)17(18)19)10-16-6-7-20-11(2)9-16/h4-5,8,11,15H,3,6-7,9-10H2,1-2H3. The van der Waals surface area contributed by atoms with Gasteiger partial charge in [0, 0.05) is 32.2 Å². The lowest BCUT2D eigenvalue weighted by Gasteiger charge is -2.31. The molecular formula is C14H21N3O3. The second kappa shape index (κ2) is 6.67. The molecule has 1 aliphatic rings. The van der Waals surface area contributed by atoms with Crippen molar-refractivity contribution in [2.75, 3.05) is 31.6 Å². The number of benzene rings is 1. The molecule has 0 radical (unpaired) electrons. The van der Waals surface area contributed by atoms with Crippen molar-refractivity contribution in [3.05, 3.63) is 33.9 Å². The van der Waals surface area contributed by atoms with Crippen molar-refractivity contribution >= 4 is 11.4 Å². The summed E-state index contributed by atoms with van der Waals surface area (Å²) in [4.78, 5) is 12.9. The van der Waals surface area contributed by atoms with Crippen LogP contribution in [0.1, 0.15) is 19.4 Å². The average Bonchev–Trinajstić information content (AvgIpc) is 2.39. The molecule has 0 bridgehead atoms. The van der Waals surface area contributed by atoms with Gasteiger partial charge in [-0.1, -0.05) is 6.07 Å². The average molecular weight is 279 g/mol. The van der Waals surface area contributed by atoms with Gasteiger partial charge in [0.25, 0.3) is 5.69 Å². The van der Waals surface area contributed by atoms with Gasteiger partial charge in [-0.3, -0.25) is 15.0 Å². The topological polar surface area (TPSA) is 67.6 Å². The van der Waals surface area contributed by atoms with Crippen molar-refractivity contribution in [3.63, 3.8) is 0 Å². The molecule has 20 heavy (non-hydrogen) atoms. The Kier molecular flexibility index (Phi) is 4.92. The Bertz CT molecular complexity index is 479. The van der Waals surface area contributed by atoms with Gasteiger partial charge in [0.15, 0.2) is 0 Å². The van der Waals surface area contributed by atoms with Crippen LogP contribution in [0.15, 0.2) is 18.2 Å². The highest BCUT2D eigenvalue weighted by molar-refractivity contribution is 5.62. The first-order chi connectivity index (χ1) is 9.60. The van der Waals surface area contributed by atoms with E-state index < -0.39 is 0 Å². The summed E-state index contributed by atoms with van der Waals surface area (Å²) in [6.07, 6.45) is 0.245. The number of nitrogens with one attached hydrogen (secondary N) is 1. The number of hydrogen-bond acceptors (Lipinski definition) is 5. The molecular weight excluding hydrogens is 258 g/mol. The zero-order valence-electron chi connectivity index (χ0n) is 12.0. The Morgan fingerprint density at radius 3 is 3.00 bits per heavy atom. The van der Waals surface area contributed by atoms with Crippen molar-refractivity contribution in [1.82, 2.24) is 4.90 Å². The highest BCUT2D eigenvalue weighted by Gasteiger charge is 2.18. The fraction of sp³-hybridized carbons (Fsp3) is 0.571. The first-order valence-electron chi connectivity index (χ1n) is 6.95. The third-order valence-corrected chi connectivity index (χ3v) is 3.36. The molecule has 6 nitrogen and oxygen atoms in total. The van der Waals surface area contributed by atoms with Gasteiger partial charge in [0.1, 0.15) is 5.69 Å². The van der Waals surface area contributed by atoms with E-state index in [1.807, 2.05) is 19.1 Å². The zero-order valence-corrected chi connectivity index (χ0v) is 12.0. The monoisotopic (exact) mass is 279 g/mol. The molecule has 0 saturated carbocycles. The number of nitro groups is 1. The molecule has 1 heterocycles. The summed E-state index contributed by atoms with van der Waals surface area (Å²) in [5, 5.41) is 14.0. The zero-order chi connectivity index (χ0) is 14.5. The normalized spacial score (nSPS) is 19.8. The quantitative estimate of drug-likeness (QED) is 0.661. The number of rotatable bonds is 5. The van der Waals surface area contributed by atoms with Gasteiger partial charge in [-0.2, -0.15) is 0 Å². The van der Waals surface area contributed by atoms with Gasteiger partial charge in [0.2, 0.25) is 0 Å². The van der Waals surface area contributed by atoms with Crippen molar-refractivity contribution in [3.8, 4) is 0 Å². The van der Waals surface area contributed by atoms with E-state index in [-0.39, 0.29) is 16.7 Å². The second-order valence-electron chi connectivity index (χ2n) is 5.06. The third-order valence-electron chi connectivity index (χ3n) is 3.36. The fourth-order valence-electron chi connectivity index (χ4n) is 2.47. The van der Waals surface area contributed by atoms with Crippen LogP contribution in [0.25, 0.3) is 0 Å². The minimum absolute atomic E-state index is 0.131. The summed E-state index contributed by atoms with van der Waals surface area (Å²) >= 11 is 0. The first kappa shape index (κ1) is 14.7. The maximum absolute atomic E-state index is 11.0. The fourth-order valence-corrected chi connectivity index (χ4v) is 2.47. The van der Waals surface area contributed by atoms with E-state index in [0.717, 1.165) is 31.8 Å². The molecule has 0 aromatic heterocycles. The summed E-state index contributed by atoms with van der Waals surface area (Å²) in [5.41, 5.74) is 1.81. The number of morpholine rings is 1. The molecule has 1 atom stereocenters. The van der Waals surface area contributed by atoms with Gasteiger partial charge in [-0.15, -0.1) is 0 Å². The van der Waals surface area contributed by atoms with Crippen LogP contribution in [-0.2, 0) is 11.3 Å². The van der Waals surface area contributed by atoms with Crippen molar-refractivity contribution in [2.24, 2.45) is 0 Å². The van der Waals surface area contributed by atoms with Crippen molar-refractivity contribution in [1.29, 1.82) is 0 Å². The van der Waals surface area contributed by atoms with Crippen LogP contribution >= 0.6 is 0 Å². The Morgan fingerprint density at radius 1 is 1.55 bits per heavy atom. The maximum atomic E-state index is 11.0. The van der Waals surface area contributed by atoms with Crippen molar-refractivity contribution < 1.29 is 9.66 Å². The molecule has 0 aliphatic carbocycles. The van der Waals surface area contributed by atoms with Gasteiger partial charge in [0.05, 0.1) is 17.6 Å². The largest absolute Gasteiger partial charge is 0.380 e. The molecule has 1 N–H and O–H groups in total. The van der Waals surface area contributed by atoms with Crippen LogP contribution in [0, 0.1) is 10.1 Å². The summed E-state index contributed by atoms with van der Waals surface area (Å²) in [6, 6.07) is 5.29. The summed E-state index contributed by atoms with van der Waals surface area (Å²) < 4.78 is 5.52. The van der Waals surface area contributed by atoms with Crippen molar-refractivity contribution in [2.45, 2.75) is 26.5 Å². The van der Waals surface area contributed by atoms with Gasteiger partial charge in [-0.05, 0) is 25.5 Å². The number of anilines is 1. The van der Waals surface area contributed by atoms with Crippen LogP contribution in [0.2, 0.25) is 0 Å². The van der Waals surface area contributed by atoms with E-state index in [1.165, 1.54) is 0 Å². The molecule has 1 aromatic carbocycles. The van der Waals surface area contributed by atoms with E-state index in [9.17, 15) is 10.1 Å². The predicted octanol–water partition coefficient (Wildman–Crippen LogP) is 2.25. The second-order valence-corrected chi connectivity index (χ2v) is 5.06. The molecule has 1 saturated heterocycles. The smallest absolute Gasteiger partial charge is 0.292 e. The van der Waals surface area contributed by atoms with E-state index in [1.54, 1.807) is 6.07 Å². The number of nitrogens with zero attached hydrogens (tertiary/aromatic N) is 2. The summed E-state index contributed by atoms with van der Waals surface area (Å²) in [6.45, 7) is 7.99. The molecule has 6 heteroatoms. The molecule has 1 fully saturated rings. The van der Waals surface area contributed by atoms with Crippen LogP contribution < -0.4 is 5.32 Å².